The Balaban J connectivity index is 2.21. The molecular weight excluding hydrogens is 397 g/mol. The molecule has 148 valence electrons. The van der Waals surface area contributed by atoms with Crippen molar-refractivity contribution in [2.45, 2.75) is 24.2 Å². The van der Waals surface area contributed by atoms with Gasteiger partial charge in [-0.15, -0.1) is 0 Å². The molecule has 2 rings (SSSR count). The Morgan fingerprint density at radius 3 is 2.64 bits per heavy atom. The first-order chi connectivity index (χ1) is 13.0. The molecule has 0 spiro atoms. The average Bonchev–Trinajstić information content (AvgIpc) is 2.60. The van der Waals surface area contributed by atoms with Crippen LogP contribution in [0.2, 0.25) is 0 Å². The van der Waals surface area contributed by atoms with Gasteiger partial charge >= 0.3 is 6.18 Å². The van der Waals surface area contributed by atoms with Gasteiger partial charge in [0.1, 0.15) is 18.4 Å². The molecule has 12 heteroatoms. The van der Waals surface area contributed by atoms with Gasteiger partial charge in [0.25, 0.3) is 5.03 Å². The fourth-order valence-corrected chi connectivity index (χ4v) is 2.83. The minimum absolute atomic E-state index is 0.0792. The average molecular weight is 412 g/mol. The third-order valence-corrected chi connectivity index (χ3v) is 4.33. The van der Waals surface area contributed by atoms with Gasteiger partial charge in [0.05, 0.1) is 5.56 Å². The number of carbonyl (C=O) groups is 1. The molecule has 0 aliphatic rings. The zero-order valence-electron chi connectivity index (χ0n) is 14.7. The molecule has 28 heavy (non-hydrogen) atoms. The minimum atomic E-state index is -4.52. The van der Waals surface area contributed by atoms with Gasteiger partial charge in [0, 0.05) is 16.9 Å². The summed E-state index contributed by atoms with van der Waals surface area (Å²) < 4.78 is 50.1. The number of aromatic nitrogens is 2. The quantitative estimate of drug-likeness (QED) is 0.505. The maximum Gasteiger partial charge on any atom is 0.416 e. The molecule has 4 N–H and O–H groups in total. The highest BCUT2D eigenvalue weighted by Crippen LogP contribution is 2.30. The molecule has 0 fully saturated rings. The maximum atomic E-state index is 12.8. The summed E-state index contributed by atoms with van der Waals surface area (Å²) in [4.78, 5) is 19.9. The van der Waals surface area contributed by atoms with Crippen molar-refractivity contribution >= 4 is 34.5 Å². The molecule has 1 heterocycles. The number of rotatable bonds is 5. The fourth-order valence-electron chi connectivity index (χ4n) is 2.18. The lowest BCUT2D eigenvalue weighted by Gasteiger charge is -2.17. The lowest BCUT2D eigenvalue weighted by Crippen LogP contribution is -2.33. The fraction of sp³-hybridized carbons (Fsp3) is 0.250. The van der Waals surface area contributed by atoms with E-state index in [0.717, 1.165) is 12.1 Å². The van der Waals surface area contributed by atoms with Crippen LogP contribution >= 0.6 is 0 Å². The summed E-state index contributed by atoms with van der Waals surface area (Å²) in [6, 6.07) is 5.13. The molecule has 1 amide bonds. The summed E-state index contributed by atoms with van der Waals surface area (Å²) in [7, 11) is 0. The monoisotopic (exact) mass is 412 g/mol. The van der Waals surface area contributed by atoms with Gasteiger partial charge in [-0.2, -0.15) is 28.4 Å². The van der Waals surface area contributed by atoms with Crippen LogP contribution in [0.15, 0.2) is 29.3 Å². The van der Waals surface area contributed by atoms with Gasteiger partial charge in [0.15, 0.2) is 11.4 Å². The van der Waals surface area contributed by atoms with Gasteiger partial charge in [-0.05, 0) is 25.1 Å². The van der Waals surface area contributed by atoms with Crippen LogP contribution in [0.25, 0.3) is 0 Å². The van der Waals surface area contributed by atoms with Crippen LogP contribution in [0.1, 0.15) is 18.1 Å². The van der Waals surface area contributed by atoms with E-state index < -0.39 is 34.9 Å². The van der Waals surface area contributed by atoms with Crippen molar-refractivity contribution < 1.29 is 22.5 Å². The number of nitrogens with two attached hydrogens (primary N) is 1. The molecule has 2 aromatic rings. The number of nitrogen functional groups attached to an aromatic ring is 1. The molecule has 0 saturated heterocycles. The van der Waals surface area contributed by atoms with E-state index in [1.165, 1.54) is 25.3 Å². The van der Waals surface area contributed by atoms with E-state index in [2.05, 4.69) is 20.6 Å². The molecule has 1 aromatic heterocycles. The van der Waals surface area contributed by atoms with Crippen molar-refractivity contribution in [2.75, 3.05) is 22.6 Å². The first-order valence-electron chi connectivity index (χ1n) is 7.68. The van der Waals surface area contributed by atoms with E-state index in [1.54, 1.807) is 6.07 Å². The number of anilines is 3. The molecule has 8 nitrogen and oxygen atoms in total. The normalized spacial score (nSPS) is 13.3. The second-order valence-electron chi connectivity index (χ2n) is 5.61. The molecule has 0 saturated carbocycles. The predicted molar refractivity (Wildman–Crippen MR) is 96.7 cm³/mol. The zero-order valence-corrected chi connectivity index (χ0v) is 15.5. The van der Waals surface area contributed by atoms with Crippen LogP contribution in [0.3, 0.4) is 0 Å². The van der Waals surface area contributed by atoms with Crippen molar-refractivity contribution in [3.05, 3.63) is 35.4 Å². The van der Waals surface area contributed by atoms with Crippen LogP contribution in [0.4, 0.5) is 30.6 Å². The van der Waals surface area contributed by atoms with E-state index in [-0.39, 0.29) is 28.0 Å². The lowest BCUT2D eigenvalue weighted by molar-refractivity contribution is -0.137. The van der Waals surface area contributed by atoms with Gasteiger partial charge in [0.2, 0.25) is 11.9 Å². The highest BCUT2D eigenvalue weighted by molar-refractivity contribution is 7.90. The number of hydrogen-bond donors (Lipinski definition) is 3. The molecule has 2 atom stereocenters. The van der Waals surface area contributed by atoms with Crippen molar-refractivity contribution in [3.63, 3.8) is 0 Å². The van der Waals surface area contributed by atoms with Crippen LogP contribution in [-0.4, -0.2) is 32.7 Å². The highest BCUT2D eigenvalue weighted by Gasteiger charge is 2.30. The van der Waals surface area contributed by atoms with Crippen LogP contribution in [-0.2, 0) is 22.1 Å². The third-order valence-electron chi connectivity index (χ3n) is 3.49. The van der Waals surface area contributed by atoms with Crippen molar-refractivity contribution in [1.29, 1.82) is 5.26 Å². The Labute approximate surface area is 161 Å². The molecular formula is C16H15F3N6O2S. The molecule has 0 aliphatic heterocycles. The summed E-state index contributed by atoms with van der Waals surface area (Å²) in [5.41, 5.74) is 4.51. The Bertz CT molecular complexity index is 930. The molecule has 0 radical (unpaired) electrons. The zero-order chi connectivity index (χ0) is 21.1. The summed E-state index contributed by atoms with van der Waals surface area (Å²) >= 11 is -1.66. The van der Waals surface area contributed by atoms with Crippen molar-refractivity contribution in [3.8, 4) is 6.07 Å². The molecule has 1 unspecified atom stereocenters. The molecule has 0 bridgehead atoms. The Morgan fingerprint density at radius 2 is 2.07 bits per heavy atom. The lowest BCUT2D eigenvalue weighted by atomic mass is 10.2. The number of nitrogens with zero attached hydrogens (tertiary/aromatic N) is 3. The smallest absolute Gasteiger partial charge is 0.416 e. The molecule has 1 aromatic carbocycles. The number of alkyl halides is 3. The van der Waals surface area contributed by atoms with Crippen LogP contribution in [0.5, 0.6) is 0 Å². The first kappa shape index (κ1) is 21.3. The van der Waals surface area contributed by atoms with Gasteiger partial charge in [-0.25, -0.2) is 0 Å². The number of benzene rings is 1. The number of halogens is 3. The molecule has 0 aliphatic carbocycles. The second kappa shape index (κ2) is 8.32. The number of hydrogen-bond acceptors (Lipinski definition) is 7. The summed E-state index contributed by atoms with van der Waals surface area (Å²) in [6.07, 6.45) is -3.23. The topological polar surface area (TPSA) is 140 Å². The highest BCUT2D eigenvalue weighted by atomic mass is 32.2. The minimum Gasteiger partial charge on any atom is -0.610 e. The van der Waals surface area contributed by atoms with Crippen LogP contribution < -0.4 is 16.4 Å². The van der Waals surface area contributed by atoms with E-state index >= 15 is 0 Å². The largest absolute Gasteiger partial charge is 0.610 e. The Morgan fingerprint density at radius 1 is 1.39 bits per heavy atom. The Hall–Kier alpha value is -3.04. The standard InChI is InChI=1S/C16H15F3N6O2S/c1-8(22-10-5-3-4-9(6-10)16(17,18)19)13(26)23-12-11(7-20)14(28(2)27)25-15(21)24-12/h3-6,8,22H,1-2H3,(H3,21,23,24,25,26)/t8-,28?/m0/s1. The van der Waals surface area contributed by atoms with E-state index in [0.29, 0.717) is 0 Å². The van der Waals surface area contributed by atoms with Crippen molar-refractivity contribution in [1.82, 2.24) is 9.97 Å². The predicted octanol–water partition coefficient (Wildman–Crippen LogP) is 2.13. The maximum absolute atomic E-state index is 12.8. The number of nitriles is 1. The van der Waals surface area contributed by atoms with Gasteiger partial charge in [-0.3, -0.25) is 4.79 Å². The van der Waals surface area contributed by atoms with E-state index in [9.17, 15) is 27.8 Å². The Kier molecular flexibility index (Phi) is 6.32. The summed E-state index contributed by atoms with van der Waals surface area (Å²) in [6.45, 7) is 1.41. The van der Waals surface area contributed by atoms with E-state index in [1.807, 2.05) is 0 Å². The van der Waals surface area contributed by atoms with E-state index in [4.69, 9.17) is 5.73 Å². The van der Waals surface area contributed by atoms with Crippen LogP contribution in [0, 0.1) is 11.3 Å². The van der Waals surface area contributed by atoms with Gasteiger partial charge in [-0.1, -0.05) is 6.07 Å². The summed E-state index contributed by atoms with van der Waals surface area (Å²) in [5, 5.41) is 14.1. The number of amides is 1. The van der Waals surface area contributed by atoms with Crippen molar-refractivity contribution in [2.24, 2.45) is 0 Å². The van der Waals surface area contributed by atoms with Gasteiger partial charge < -0.3 is 20.9 Å². The third kappa shape index (κ3) is 5.02. The number of carbonyl (C=O) groups excluding carboxylic acids is 1. The number of nitrogens with one attached hydrogen (secondary N) is 2. The first-order valence-corrected chi connectivity index (χ1v) is 9.24. The summed E-state index contributed by atoms with van der Waals surface area (Å²) in [5.74, 6) is -1.22. The SMILES string of the molecule is C[C@H](Nc1cccc(C(F)(F)F)c1)C(=O)Nc1nc(N)nc([S+](C)[O-])c1C#N. The second-order valence-corrected chi connectivity index (χ2v) is 6.91.